The molecule has 1 aliphatic heterocycles. The summed E-state index contributed by atoms with van der Waals surface area (Å²) < 4.78 is 5.18. The minimum atomic E-state index is -0.0687. The molecule has 4 nitrogen and oxygen atoms in total. The van der Waals surface area contributed by atoms with E-state index in [1.807, 2.05) is 0 Å². The Labute approximate surface area is 111 Å². The Kier molecular flexibility index (Phi) is 7.28. The van der Waals surface area contributed by atoms with Crippen molar-refractivity contribution in [1.29, 1.82) is 0 Å². The molecule has 0 aliphatic carbocycles. The Morgan fingerprint density at radius 2 is 1.78 bits per heavy atom. The van der Waals surface area contributed by atoms with Crippen LogP contribution < -0.4 is 0 Å². The van der Waals surface area contributed by atoms with Gasteiger partial charge in [-0.05, 0) is 12.3 Å². The fourth-order valence-corrected chi connectivity index (χ4v) is 2.20. The van der Waals surface area contributed by atoms with Gasteiger partial charge in [0.05, 0.1) is 13.2 Å². The third kappa shape index (κ3) is 6.36. The number of hydrogen-bond acceptors (Lipinski definition) is 4. The highest BCUT2D eigenvalue weighted by atomic mass is 16.5. The fraction of sp³-hybridized carbons (Fsp3) is 0.929. The molecule has 4 heteroatoms. The molecule has 0 aromatic carbocycles. The van der Waals surface area contributed by atoms with Crippen molar-refractivity contribution in [1.82, 2.24) is 9.80 Å². The summed E-state index contributed by atoms with van der Waals surface area (Å²) in [5.74, 6) is 0.649. The minimum absolute atomic E-state index is 0.0687. The van der Waals surface area contributed by atoms with Crippen molar-refractivity contribution in [3.05, 3.63) is 0 Å². The number of nitrogens with zero attached hydrogens (tertiary/aromatic N) is 2. The third-order valence-electron chi connectivity index (χ3n) is 3.20. The Morgan fingerprint density at radius 3 is 2.33 bits per heavy atom. The Hall–Kier alpha value is -0.610. The second-order valence-electron chi connectivity index (χ2n) is 5.54. The summed E-state index contributed by atoms with van der Waals surface area (Å²) >= 11 is 0. The topological polar surface area (TPSA) is 32.8 Å². The second-order valence-corrected chi connectivity index (χ2v) is 5.54. The minimum Gasteiger partial charge on any atom is -0.465 e. The highest BCUT2D eigenvalue weighted by Crippen LogP contribution is 2.05. The van der Waals surface area contributed by atoms with E-state index < -0.39 is 0 Å². The molecule has 1 heterocycles. The maximum atomic E-state index is 11.6. The molecule has 0 bridgehead atoms. The van der Waals surface area contributed by atoms with Crippen molar-refractivity contribution >= 4 is 5.97 Å². The molecule has 0 aromatic heterocycles. The van der Waals surface area contributed by atoms with Gasteiger partial charge in [-0.3, -0.25) is 9.69 Å². The van der Waals surface area contributed by atoms with Gasteiger partial charge < -0.3 is 9.64 Å². The van der Waals surface area contributed by atoms with Crippen LogP contribution in [-0.2, 0) is 9.53 Å². The third-order valence-corrected chi connectivity index (χ3v) is 3.20. The number of carbonyl (C=O) groups is 1. The first-order valence-electron chi connectivity index (χ1n) is 7.22. The Morgan fingerprint density at radius 1 is 1.17 bits per heavy atom. The van der Waals surface area contributed by atoms with Crippen LogP contribution in [0.1, 0.15) is 33.6 Å². The maximum absolute atomic E-state index is 11.6. The van der Waals surface area contributed by atoms with Gasteiger partial charge in [0.15, 0.2) is 0 Å². The zero-order valence-electron chi connectivity index (χ0n) is 12.2. The van der Waals surface area contributed by atoms with E-state index in [9.17, 15) is 4.79 Å². The van der Waals surface area contributed by atoms with Gasteiger partial charge >= 0.3 is 5.97 Å². The van der Waals surface area contributed by atoms with E-state index in [-0.39, 0.29) is 5.97 Å². The number of piperazine rings is 1. The van der Waals surface area contributed by atoms with E-state index in [1.165, 1.54) is 0 Å². The van der Waals surface area contributed by atoms with Gasteiger partial charge in [0, 0.05) is 32.7 Å². The first-order chi connectivity index (χ1) is 8.61. The maximum Gasteiger partial charge on any atom is 0.320 e. The van der Waals surface area contributed by atoms with Crippen LogP contribution in [0.4, 0.5) is 0 Å². The highest BCUT2D eigenvalue weighted by Gasteiger charge is 2.19. The molecule has 1 saturated heterocycles. The lowest BCUT2D eigenvalue weighted by Gasteiger charge is -2.34. The number of unbranched alkanes of at least 4 members (excludes halogenated alkanes) is 1. The standard InChI is InChI=1S/C14H28N2O2/c1-4-5-10-18-14(17)12-16-8-6-15(7-9-16)11-13(2)3/h13H,4-12H2,1-3H3. The van der Waals surface area contributed by atoms with Gasteiger partial charge in [-0.2, -0.15) is 0 Å². The molecule has 0 unspecified atom stereocenters. The molecule has 18 heavy (non-hydrogen) atoms. The Bertz CT molecular complexity index is 236. The van der Waals surface area contributed by atoms with Crippen LogP contribution in [0.15, 0.2) is 0 Å². The molecule has 0 amide bonds. The van der Waals surface area contributed by atoms with E-state index in [0.717, 1.165) is 51.5 Å². The molecule has 106 valence electrons. The summed E-state index contributed by atoms with van der Waals surface area (Å²) in [5, 5.41) is 0. The summed E-state index contributed by atoms with van der Waals surface area (Å²) in [6, 6.07) is 0. The molecule has 1 rings (SSSR count). The average Bonchev–Trinajstić information content (AvgIpc) is 2.31. The summed E-state index contributed by atoms with van der Waals surface area (Å²) in [6.45, 7) is 12.9. The van der Waals surface area contributed by atoms with Gasteiger partial charge in [0.25, 0.3) is 0 Å². The SMILES string of the molecule is CCCCOC(=O)CN1CCN(CC(C)C)CC1. The van der Waals surface area contributed by atoms with Gasteiger partial charge in [-0.15, -0.1) is 0 Å². The molecular weight excluding hydrogens is 228 g/mol. The summed E-state index contributed by atoms with van der Waals surface area (Å²) in [7, 11) is 0. The Balaban J connectivity index is 2.13. The van der Waals surface area contributed by atoms with E-state index >= 15 is 0 Å². The second kappa shape index (κ2) is 8.48. The molecule has 0 N–H and O–H groups in total. The number of esters is 1. The van der Waals surface area contributed by atoms with Crippen LogP contribution in [-0.4, -0.2) is 61.6 Å². The van der Waals surface area contributed by atoms with E-state index in [2.05, 4.69) is 30.6 Å². The van der Waals surface area contributed by atoms with E-state index in [0.29, 0.717) is 13.2 Å². The van der Waals surface area contributed by atoms with E-state index in [4.69, 9.17) is 4.74 Å². The zero-order chi connectivity index (χ0) is 13.4. The molecular formula is C14H28N2O2. The molecule has 0 atom stereocenters. The van der Waals surface area contributed by atoms with Crippen molar-refractivity contribution in [3.63, 3.8) is 0 Å². The van der Waals surface area contributed by atoms with Gasteiger partial charge in [0.2, 0.25) is 0 Å². The van der Waals surface area contributed by atoms with Crippen LogP contribution in [0.25, 0.3) is 0 Å². The zero-order valence-corrected chi connectivity index (χ0v) is 12.2. The molecule has 0 aromatic rings. The summed E-state index contributed by atoms with van der Waals surface area (Å²) in [5.41, 5.74) is 0. The lowest BCUT2D eigenvalue weighted by Crippen LogP contribution is -2.48. The van der Waals surface area contributed by atoms with Gasteiger partial charge in [0.1, 0.15) is 0 Å². The van der Waals surface area contributed by atoms with Crippen molar-refractivity contribution in [3.8, 4) is 0 Å². The lowest BCUT2D eigenvalue weighted by molar-refractivity contribution is -0.145. The highest BCUT2D eigenvalue weighted by molar-refractivity contribution is 5.71. The largest absolute Gasteiger partial charge is 0.465 e. The number of carbonyl (C=O) groups excluding carboxylic acids is 1. The van der Waals surface area contributed by atoms with Crippen molar-refractivity contribution in [2.24, 2.45) is 5.92 Å². The smallest absolute Gasteiger partial charge is 0.320 e. The van der Waals surface area contributed by atoms with Gasteiger partial charge in [-0.1, -0.05) is 27.2 Å². The number of rotatable bonds is 7. The number of hydrogen-bond donors (Lipinski definition) is 0. The van der Waals surface area contributed by atoms with Crippen LogP contribution in [0.3, 0.4) is 0 Å². The summed E-state index contributed by atoms with van der Waals surface area (Å²) in [4.78, 5) is 16.2. The van der Waals surface area contributed by atoms with Crippen molar-refractivity contribution in [2.45, 2.75) is 33.6 Å². The molecule has 1 aliphatic rings. The van der Waals surface area contributed by atoms with E-state index in [1.54, 1.807) is 0 Å². The fourth-order valence-electron chi connectivity index (χ4n) is 2.20. The molecule has 0 saturated carbocycles. The first kappa shape index (κ1) is 15.4. The van der Waals surface area contributed by atoms with Gasteiger partial charge in [-0.25, -0.2) is 0 Å². The monoisotopic (exact) mass is 256 g/mol. The first-order valence-corrected chi connectivity index (χ1v) is 7.22. The number of ether oxygens (including phenoxy) is 1. The molecule has 0 radical (unpaired) electrons. The molecule has 1 fully saturated rings. The van der Waals surface area contributed by atoms with Crippen LogP contribution in [0.5, 0.6) is 0 Å². The predicted octanol–water partition coefficient (Wildman–Crippen LogP) is 1.60. The van der Waals surface area contributed by atoms with Crippen molar-refractivity contribution in [2.75, 3.05) is 45.9 Å². The lowest BCUT2D eigenvalue weighted by atomic mass is 10.2. The van der Waals surface area contributed by atoms with Crippen molar-refractivity contribution < 1.29 is 9.53 Å². The molecule has 0 spiro atoms. The quantitative estimate of drug-likeness (QED) is 0.512. The van der Waals surface area contributed by atoms with Crippen LogP contribution in [0, 0.1) is 5.92 Å². The normalized spacial score (nSPS) is 18.2. The summed E-state index contributed by atoms with van der Waals surface area (Å²) in [6.07, 6.45) is 2.04. The average molecular weight is 256 g/mol. The van der Waals surface area contributed by atoms with Crippen LogP contribution >= 0.6 is 0 Å². The van der Waals surface area contributed by atoms with Crippen LogP contribution in [0.2, 0.25) is 0 Å². The predicted molar refractivity (Wildman–Crippen MR) is 73.6 cm³/mol.